The minimum atomic E-state index is -3.97. The molecule has 0 amide bonds. The quantitative estimate of drug-likeness (QED) is 0.750. The van der Waals surface area contributed by atoms with Gasteiger partial charge in [-0.25, -0.2) is 22.3 Å². The molecular weight excluding hydrogens is 300 g/mol. The average molecular weight is 313 g/mol. The van der Waals surface area contributed by atoms with Gasteiger partial charge in [0.25, 0.3) is 0 Å². The first kappa shape index (κ1) is 15.2. The molecule has 2 rings (SSSR count). The van der Waals surface area contributed by atoms with Crippen LogP contribution in [0.25, 0.3) is 0 Å². The number of benzene rings is 2. The summed E-state index contributed by atoms with van der Waals surface area (Å²) in [7, 11) is -3.97. The summed E-state index contributed by atoms with van der Waals surface area (Å²) >= 11 is 0. The van der Waals surface area contributed by atoms with E-state index in [0.717, 1.165) is 12.1 Å². The van der Waals surface area contributed by atoms with E-state index < -0.39 is 21.7 Å². The van der Waals surface area contributed by atoms with Gasteiger partial charge in [0.15, 0.2) is 0 Å². The standard InChI is InChI=1S/C13H13F2N3O2S/c14-9-2-1-8(11(15)5-9)7-18-12-4-3-10(16)6-13(12)21(17,19)20/h1-6,18H,7,16H2,(H2,17,19,20). The second kappa shape index (κ2) is 5.66. The van der Waals surface area contributed by atoms with E-state index in [1.165, 1.54) is 24.3 Å². The summed E-state index contributed by atoms with van der Waals surface area (Å²) < 4.78 is 49.3. The maximum Gasteiger partial charge on any atom is 0.240 e. The molecule has 0 atom stereocenters. The maximum atomic E-state index is 13.5. The van der Waals surface area contributed by atoms with E-state index in [-0.39, 0.29) is 28.4 Å². The van der Waals surface area contributed by atoms with Crippen molar-refractivity contribution in [1.82, 2.24) is 0 Å². The Morgan fingerprint density at radius 3 is 2.43 bits per heavy atom. The number of nitrogens with one attached hydrogen (secondary N) is 1. The lowest BCUT2D eigenvalue weighted by atomic mass is 10.2. The highest BCUT2D eigenvalue weighted by Crippen LogP contribution is 2.23. The highest BCUT2D eigenvalue weighted by molar-refractivity contribution is 7.89. The zero-order chi connectivity index (χ0) is 15.6. The molecule has 0 spiro atoms. The summed E-state index contributed by atoms with van der Waals surface area (Å²) in [5.41, 5.74) is 6.14. The second-order valence-corrected chi connectivity index (χ2v) is 5.92. The van der Waals surface area contributed by atoms with Gasteiger partial charge in [0, 0.05) is 23.9 Å². The molecule has 8 heteroatoms. The Labute approximate surface area is 120 Å². The molecule has 5 nitrogen and oxygen atoms in total. The summed E-state index contributed by atoms with van der Waals surface area (Å²) in [6, 6.07) is 7.25. The van der Waals surface area contributed by atoms with Crippen molar-refractivity contribution in [3.05, 3.63) is 53.6 Å². The molecule has 0 aliphatic heterocycles. The van der Waals surface area contributed by atoms with Gasteiger partial charge >= 0.3 is 0 Å². The van der Waals surface area contributed by atoms with Gasteiger partial charge in [-0.05, 0) is 24.3 Å². The molecule has 0 aromatic heterocycles. The van der Waals surface area contributed by atoms with Crippen molar-refractivity contribution in [2.24, 2.45) is 5.14 Å². The third kappa shape index (κ3) is 3.67. The third-order valence-electron chi connectivity index (χ3n) is 2.80. The van der Waals surface area contributed by atoms with Gasteiger partial charge in [-0.1, -0.05) is 6.07 Å². The van der Waals surface area contributed by atoms with Crippen LogP contribution in [-0.2, 0) is 16.6 Å². The van der Waals surface area contributed by atoms with Crippen LogP contribution >= 0.6 is 0 Å². The fourth-order valence-corrected chi connectivity index (χ4v) is 2.52. The fraction of sp³-hybridized carbons (Fsp3) is 0.0769. The van der Waals surface area contributed by atoms with Gasteiger partial charge in [-0.2, -0.15) is 0 Å². The Balaban J connectivity index is 2.28. The van der Waals surface area contributed by atoms with E-state index >= 15 is 0 Å². The van der Waals surface area contributed by atoms with Crippen molar-refractivity contribution in [2.75, 3.05) is 11.1 Å². The van der Waals surface area contributed by atoms with E-state index in [1.807, 2.05) is 0 Å². The number of nitrogen functional groups attached to an aromatic ring is 1. The fourth-order valence-electron chi connectivity index (χ4n) is 1.78. The van der Waals surface area contributed by atoms with Crippen LogP contribution in [0.3, 0.4) is 0 Å². The summed E-state index contributed by atoms with van der Waals surface area (Å²) in [5, 5.41) is 7.84. The zero-order valence-electron chi connectivity index (χ0n) is 10.8. The van der Waals surface area contributed by atoms with Crippen molar-refractivity contribution in [3.63, 3.8) is 0 Å². The molecule has 0 radical (unpaired) electrons. The Morgan fingerprint density at radius 1 is 1.10 bits per heavy atom. The third-order valence-corrected chi connectivity index (χ3v) is 3.75. The average Bonchev–Trinajstić information content (AvgIpc) is 2.38. The Hall–Kier alpha value is -2.19. The lowest BCUT2D eigenvalue weighted by Gasteiger charge is -2.12. The van der Waals surface area contributed by atoms with Crippen LogP contribution in [0, 0.1) is 11.6 Å². The monoisotopic (exact) mass is 313 g/mol. The van der Waals surface area contributed by atoms with E-state index in [0.29, 0.717) is 0 Å². The van der Waals surface area contributed by atoms with Crippen LogP contribution in [0.5, 0.6) is 0 Å². The van der Waals surface area contributed by atoms with Gasteiger partial charge in [0.1, 0.15) is 16.5 Å². The van der Waals surface area contributed by atoms with E-state index in [2.05, 4.69) is 5.32 Å². The first-order valence-corrected chi connectivity index (χ1v) is 7.42. The van der Waals surface area contributed by atoms with Crippen LogP contribution in [0.4, 0.5) is 20.2 Å². The summed E-state index contributed by atoms with van der Waals surface area (Å²) in [6.45, 7) is -0.0292. The molecule has 0 unspecified atom stereocenters. The van der Waals surface area contributed by atoms with E-state index in [9.17, 15) is 17.2 Å². The second-order valence-electron chi connectivity index (χ2n) is 4.39. The molecule has 0 saturated heterocycles. The molecule has 0 aliphatic carbocycles. The Kier molecular flexibility index (Phi) is 4.10. The molecule has 0 aliphatic rings. The number of rotatable bonds is 4. The number of hydrogen-bond acceptors (Lipinski definition) is 4. The Morgan fingerprint density at radius 2 is 1.81 bits per heavy atom. The van der Waals surface area contributed by atoms with Crippen molar-refractivity contribution in [2.45, 2.75) is 11.4 Å². The van der Waals surface area contributed by atoms with E-state index in [4.69, 9.17) is 10.9 Å². The number of halogens is 2. The molecule has 21 heavy (non-hydrogen) atoms. The Bertz CT molecular complexity index is 779. The topological polar surface area (TPSA) is 98.2 Å². The van der Waals surface area contributed by atoms with Crippen molar-refractivity contribution < 1.29 is 17.2 Å². The SMILES string of the molecule is Nc1ccc(NCc2ccc(F)cc2F)c(S(N)(=O)=O)c1. The number of nitrogens with two attached hydrogens (primary N) is 2. The summed E-state index contributed by atoms with van der Waals surface area (Å²) in [4.78, 5) is -0.190. The first-order chi connectivity index (χ1) is 9.77. The lowest BCUT2D eigenvalue weighted by molar-refractivity contribution is 0.574. The van der Waals surface area contributed by atoms with Crippen LogP contribution < -0.4 is 16.2 Å². The zero-order valence-corrected chi connectivity index (χ0v) is 11.6. The predicted molar refractivity (Wildman–Crippen MR) is 75.9 cm³/mol. The number of primary sulfonamides is 1. The summed E-state index contributed by atoms with van der Waals surface area (Å²) in [5.74, 6) is -1.41. The molecular formula is C13H13F2N3O2S. The van der Waals surface area contributed by atoms with Crippen molar-refractivity contribution >= 4 is 21.4 Å². The summed E-state index contributed by atoms with van der Waals surface area (Å²) in [6.07, 6.45) is 0. The van der Waals surface area contributed by atoms with Crippen molar-refractivity contribution in [1.29, 1.82) is 0 Å². The normalized spacial score (nSPS) is 11.4. The molecule has 5 N–H and O–H groups in total. The predicted octanol–water partition coefficient (Wildman–Crippen LogP) is 1.81. The van der Waals surface area contributed by atoms with Gasteiger partial charge in [0.05, 0.1) is 5.69 Å². The number of anilines is 2. The van der Waals surface area contributed by atoms with Crippen LogP contribution in [0.1, 0.15) is 5.56 Å². The smallest absolute Gasteiger partial charge is 0.240 e. The number of hydrogen-bond donors (Lipinski definition) is 3. The van der Waals surface area contributed by atoms with Crippen LogP contribution in [-0.4, -0.2) is 8.42 Å². The van der Waals surface area contributed by atoms with Gasteiger partial charge in [-0.3, -0.25) is 0 Å². The maximum absolute atomic E-state index is 13.5. The van der Waals surface area contributed by atoms with Gasteiger partial charge < -0.3 is 11.1 Å². The highest BCUT2D eigenvalue weighted by atomic mass is 32.2. The molecule has 2 aromatic rings. The molecule has 2 aromatic carbocycles. The number of sulfonamides is 1. The molecule has 0 fully saturated rings. The minimum Gasteiger partial charge on any atom is -0.399 e. The van der Waals surface area contributed by atoms with Crippen molar-refractivity contribution in [3.8, 4) is 0 Å². The van der Waals surface area contributed by atoms with Crippen LogP contribution in [0.2, 0.25) is 0 Å². The minimum absolute atomic E-state index is 0.0292. The van der Waals surface area contributed by atoms with Gasteiger partial charge in [-0.15, -0.1) is 0 Å². The lowest BCUT2D eigenvalue weighted by Crippen LogP contribution is -2.15. The molecule has 0 heterocycles. The molecule has 112 valence electrons. The van der Waals surface area contributed by atoms with E-state index in [1.54, 1.807) is 0 Å². The first-order valence-electron chi connectivity index (χ1n) is 5.87. The highest BCUT2D eigenvalue weighted by Gasteiger charge is 2.14. The van der Waals surface area contributed by atoms with Gasteiger partial charge in [0.2, 0.25) is 10.0 Å². The van der Waals surface area contributed by atoms with Crippen LogP contribution in [0.15, 0.2) is 41.3 Å². The molecule has 0 saturated carbocycles. The largest absolute Gasteiger partial charge is 0.399 e. The molecule has 0 bridgehead atoms.